The molecular formula is C15H20N4O2. The van der Waals surface area contributed by atoms with Gasteiger partial charge >= 0.3 is 0 Å². The molecule has 21 heavy (non-hydrogen) atoms. The van der Waals surface area contributed by atoms with Crippen LogP contribution in [0.4, 0.5) is 0 Å². The van der Waals surface area contributed by atoms with E-state index in [2.05, 4.69) is 20.5 Å². The molecule has 1 aromatic heterocycles. The average molecular weight is 288 g/mol. The van der Waals surface area contributed by atoms with E-state index in [1.165, 1.54) is 0 Å². The van der Waals surface area contributed by atoms with Crippen molar-refractivity contribution in [3.8, 4) is 0 Å². The standard InChI is InChI=1S/C15H20N4O2/c1-3-13-17-14(19-18-13)15(20)16-9-11-7-5-6-8-12(11)10-21-4-2/h5-8H,3-4,9-10H2,1-2H3,(H,16,20)(H,17,18,19). The Kier molecular flexibility index (Phi) is 5.45. The summed E-state index contributed by atoms with van der Waals surface area (Å²) in [6, 6.07) is 7.88. The highest BCUT2D eigenvalue weighted by atomic mass is 16.5. The first kappa shape index (κ1) is 15.2. The van der Waals surface area contributed by atoms with Gasteiger partial charge in [0, 0.05) is 19.6 Å². The van der Waals surface area contributed by atoms with Crippen LogP contribution in [-0.2, 0) is 24.3 Å². The predicted molar refractivity (Wildman–Crippen MR) is 78.7 cm³/mol. The average Bonchev–Trinajstić information content (AvgIpc) is 3.00. The van der Waals surface area contributed by atoms with Gasteiger partial charge in [0.25, 0.3) is 5.91 Å². The number of nitrogens with one attached hydrogen (secondary N) is 2. The van der Waals surface area contributed by atoms with Crippen LogP contribution in [-0.4, -0.2) is 27.7 Å². The summed E-state index contributed by atoms with van der Waals surface area (Å²) in [6.45, 7) is 5.55. The fourth-order valence-corrected chi connectivity index (χ4v) is 1.89. The van der Waals surface area contributed by atoms with E-state index >= 15 is 0 Å². The number of aromatic amines is 1. The van der Waals surface area contributed by atoms with Gasteiger partial charge in [-0.25, -0.2) is 4.98 Å². The van der Waals surface area contributed by atoms with Crippen molar-refractivity contribution < 1.29 is 9.53 Å². The van der Waals surface area contributed by atoms with Gasteiger partial charge in [-0.2, -0.15) is 0 Å². The van der Waals surface area contributed by atoms with Crippen LogP contribution in [0.3, 0.4) is 0 Å². The second-order valence-electron chi connectivity index (χ2n) is 4.55. The number of hydrogen-bond donors (Lipinski definition) is 2. The van der Waals surface area contributed by atoms with E-state index in [1.807, 2.05) is 38.1 Å². The van der Waals surface area contributed by atoms with Crippen molar-refractivity contribution in [1.29, 1.82) is 0 Å². The Morgan fingerprint density at radius 2 is 2.05 bits per heavy atom. The molecule has 0 radical (unpaired) electrons. The molecule has 2 rings (SSSR count). The van der Waals surface area contributed by atoms with Crippen molar-refractivity contribution in [1.82, 2.24) is 20.5 Å². The van der Waals surface area contributed by atoms with Crippen LogP contribution in [0.2, 0.25) is 0 Å². The van der Waals surface area contributed by atoms with Crippen LogP contribution in [0.25, 0.3) is 0 Å². The third kappa shape index (κ3) is 4.13. The number of rotatable bonds is 7. The Hall–Kier alpha value is -2.21. The molecular weight excluding hydrogens is 268 g/mol. The number of carbonyl (C=O) groups is 1. The summed E-state index contributed by atoms with van der Waals surface area (Å²) in [7, 11) is 0. The molecule has 0 aliphatic heterocycles. The molecule has 0 saturated heterocycles. The summed E-state index contributed by atoms with van der Waals surface area (Å²) < 4.78 is 5.43. The molecule has 0 aliphatic rings. The van der Waals surface area contributed by atoms with Crippen molar-refractivity contribution in [2.45, 2.75) is 33.4 Å². The van der Waals surface area contributed by atoms with Crippen molar-refractivity contribution in [3.63, 3.8) is 0 Å². The van der Waals surface area contributed by atoms with Crippen molar-refractivity contribution in [2.75, 3.05) is 6.61 Å². The van der Waals surface area contributed by atoms with Crippen LogP contribution in [0, 0.1) is 0 Å². The number of aromatic nitrogens is 3. The molecule has 0 fully saturated rings. The lowest BCUT2D eigenvalue weighted by Gasteiger charge is -2.09. The Morgan fingerprint density at radius 3 is 2.71 bits per heavy atom. The minimum Gasteiger partial charge on any atom is -0.377 e. The molecule has 0 aliphatic carbocycles. The predicted octanol–water partition coefficient (Wildman–Crippen LogP) is 1.83. The van der Waals surface area contributed by atoms with Gasteiger partial charge in [0.1, 0.15) is 5.82 Å². The van der Waals surface area contributed by atoms with Crippen LogP contribution < -0.4 is 5.32 Å². The summed E-state index contributed by atoms with van der Waals surface area (Å²) in [4.78, 5) is 16.1. The molecule has 1 heterocycles. The van der Waals surface area contributed by atoms with Crippen LogP contribution in [0.15, 0.2) is 24.3 Å². The van der Waals surface area contributed by atoms with Crippen molar-refractivity contribution in [2.24, 2.45) is 0 Å². The van der Waals surface area contributed by atoms with Gasteiger partial charge in [-0.1, -0.05) is 31.2 Å². The minimum absolute atomic E-state index is 0.175. The summed E-state index contributed by atoms with van der Waals surface area (Å²) in [6.07, 6.45) is 0.720. The molecule has 0 atom stereocenters. The first-order valence-corrected chi connectivity index (χ1v) is 7.08. The zero-order valence-corrected chi connectivity index (χ0v) is 12.3. The molecule has 6 heteroatoms. The number of carbonyl (C=O) groups excluding carboxylic acids is 1. The van der Waals surface area contributed by atoms with Gasteiger partial charge in [-0.15, -0.1) is 5.10 Å². The molecule has 1 aromatic carbocycles. The molecule has 1 amide bonds. The number of benzene rings is 1. The summed E-state index contributed by atoms with van der Waals surface area (Å²) in [5, 5.41) is 9.46. The number of nitrogens with zero attached hydrogens (tertiary/aromatic N) is 2. The Morgan fingerprint density at radius 1 is 1.29 bits per heavy atom. The maximum Gasteiger partial charge on any atom is 0.291 e. The molecule has 2 N–H and O–H groups in total. The molecule has 2 aromatic rings. The van der Waals surface area contributed by atoms with Crippen molar-refractivity contribution >= 4 is 5.91 Å². The van der Waals surface area contributed by atoms with Gasteiger partial charge in [-0.3, -0.25) is 9.89 Å². The SMILES string of the molecule is CCOCc1ccccc1CNC(=O)c1n[nH]c(CC)n1. The molecule has 0 saturated carbocycles. The quantitative estimate of drug-likeness (QED) is 0.814. The number of ether oxygens (including phenoxy) is 1. The maximum atomic E-state index is 12.0. The highest BCUT2D eigenvalue weighted by Crippen LogP contribution is 2.10. The van der Waals surface area contributed by atoms with E-state index in [0.29, 0.717) is 25.6 Å². The second kappa shape index (κ2) is 7.54. The zero-order valence-electron chi connectivity index (χ0n) is 12.3. The maximum absolute atomic E-state index is 12.0. The fourth-order valence-electron chi connectivity index (χ4n) is 1.89. The van der Waals surface area contributed by atoms with E-state index < -0.39 is 0 Å². The van der Waals surface area contributed by atoms with Crippen LogP contribution in [0.5, 0.6) is 0 Å². The Labute approximate surface area is 123 Å². The summed E-state index contributed by atoms with van der Waals surface area (Å²) in [5.74, 6) is 0.600. The van der Waals surface area contributed by atoms with Gasteiger partial charge in [0.2, 0.25) is 5.82 Å². The zero-order chi connectivity index (χ0) is 15.1. The lowest BCUT2D eigenvalue weighted by Crippen LogP contribution is -2.24. The molecule has 0 spiro atoms. The summed E-state index contributed by atoms with van der Waals surface area (Å²) >= 11 is 0. The number of aryl methyl sites for hydroxylation is 1. The van der Waals surface area contributed by atoms with Crippen LogP contribution in [0.1, 0.15) is 41.4 Å². The van der Waals surface area contributed by atoms with Gasteiger partial charge in [0.05, 0.1) is 6.61 Å². The Bertz CT molecular complexity index is 595. The molecule has 0 unspecified atom stereocenters. The number of amides is 1. The smallest absolute Gasteiger partial charge is 0.291 e. The topological polar surface area (TPSA) is 79.9 Å². The van der Waals surface area contributed by atoms with E-state index in [-0.39, 0.29) is 11.7 Å². The largest absolute Gasteiger partial charge is 0.377 e. The van der Waals surface area contributed by atoms with Gasteiger partial charge < -0.3 is 10.1 Å². The monoisotopic (exact) mass is 288 g/mol. The van der Waals surface area contributed by atoms with Gasteiger partial charge in [-0.05, 0) is 18.1 Å². The van der Waals surface area contributed by atoms with E-state index in [0.717, 1.165) is 17.5 Å². The highest BCUT2D eigenvalue weighted by molar-refractivity contribution is 5.90. The van der Waals surface area contributed by atoms with Crippen molar-refractivity contribution in [3.05, 3.63) is 47.0 Å². The Balaban J connectivity index is 1.97. The van der Waals surface area contributed by atoms with Gasteiger partial charge in [0.15, 0.2) is 0 Å². The van der Waals surface area contributed by atoms with Crippen LogP contribution >= 0.6 is 0 Å². The highest BCUT2D eigenvalue weighted by Gasteiger charge is 2.12. The van der Waals surface area contributed by atoms with E-state index in [9.17, 15) is 4.79 Å². The van der Waals surface area contributed by atoms with E-state index in [4.69, 9.17) is 4.74 Å². The molecule has 0 bridgehead atoms. The first-order valence-electron chi connectivity index (χ1n) is 7.08. The molecule has 112 valence electrons. The normalized spacial score (nSPS) is 10.6. The third-order valence-electron chi connectivity index (χ3n) is 3.09. The summed E-state index contributed by atoms with van der Waals surface area (Å²) in [5.41, 5.74) is 2.11. The third-order valence-corrected chi connectivity index (χ3v) is 3.09. The lowest BCUT2D eigenvalue weighted by molar-refractivity contribution is 0.0939. The second-order valence-corrected chi connectivity index (χ2v) is 4.55. The molecule has 6 nitrogen and oxygen atoms in total. The fraction of sp³-hybridized carbons (Fsp3) is 0.400. The number of hydrogen-bond acceptors (Lipinski definition) is 4. The lowest BCUT2D eigenvalue weighted by atomic mass is 10.1. The number of H-pyrrole nitrogens is 1. The first-order chi connectivity index (χ1) is 10.2. The minimum atomic E-state index is -0.280. The van der Waals surface area contributed by atoms with E-state index in [1.54, 1.807) is 0 Å².